The van der Waals surface area contributed by atoms with E-state index in [-0.39, 0.29) is 6.29 Å². The van der Waals surface area contributed by atoms with Crippen molar-refractivity contribution < 1.29 is 9.47 Å². The lowest BCUT2D eigenvalue weighted by atomic mass is 10.1. The van der Waals surface area contributed by atoms with E-state index in [2.05, 4.69) is 30.9 Å². The van der Waals surface area contributed by atoms with Crippen LogP contribution < -0.4 is 0 Å². The van der Waals surface area contributed by atoms with Crippen molar-refractivity contribution in [2.75, 3.05) is 13.2 Å². The molecule has 0 aliphatic heterocycles. The summed E-state index contributed by atoms with van der Waals surface area (Å²) in [5, 5.41) is 0. The molecule has 0 amide bonds. The van der Waals surface area contributed by atoms with Gasteiger partial charge in [-0.3, -0.25) is 0 Å². The lowest BCUT2D eigenvalue weighted by Gasteiger charge is -2.09. The van der Waals surface area contributed by atoms with Crippen LogP contribution in [0.2, 0.25) is 0 Å². The molecular formula is C22H40O2. The van der Waals surface area contributed by atoms with Crippen LogP contribution in [0, 0.1) is 11.8 Å². The zero-order valence-corrected chi connectivity index (χ0v) is 16.4. The Kier molecular flexibility index (Phi) is 19.6. The van der Waals surface area contributed by atoms with E-state index in [9.17, 15) is 0 Å². The van der Waals surface area contributed by atoms with Crippen LogP contribution in [0.1, 0.15) is 97.8 Å². The van der Waals surface area contributed by atoms with Crippen LogP contribution >= 0.6 is 0 Å². The monoisotopic (exact) mass is 336 g/mol. The third kappa shape index (κ3) is 17.6. The summed E-state index contributed by atoms with van der Waals surface area (Å²) in [6, 6.07) is 0. The Hall–Kier alpha value is -0.780. The van der Waals surface area contributed by atoms with E-state index in [1.54, 1.807) is 0 Å². The van der Waals surface area contributed by atoms with Gasteiger partial charge in [0.05, 0.1) is 0 Å². The third-order valence-electron chi connectivity index (χ3n) is 3.92. The molecule has 0 aromatic carbocycles. The zero-order valence-electron chi connectivity index (χ0n) is 16.4. The maximum absolute atomic E-state index is 5.40. The average molecular weight is 337 g/mol. The van der Waals surface area contributed by atoms with Gasteiger partial charge in [0.1, 0.15) is 0 Å². The topological polar surface area (TPSA) is 18.5 Å². The van der Waals surface area contributed by atoms with Gasteiger partial charge in [-0.15, -0.1) is 0 Å². The lowest BCUT2D eigenvalue weighted by Crippen LogP contribution is -2.14. The van der Waals surface area contributed by atoms with E-state index >= 15 is 0 Å². The highest BCUT2D eigenvalue weighted by Crippen LogP contribution is 2.10. The van der Waals surface area contributed by atoms with Crippen molar-refractivity contribution in [1.29, 1.82) is 0 Å². The van der Waals surface area contributed by atoms with Crippen molar-refractivity contribution >= 4 is 0 Å². The van der Waals surface area contributed by atoms with Crippen LogP contribution in [0.25, 0.3) is 0 Å². The summed E-state index contributed by atoms with van der Waals surface area (Å²) < 4.78 is 10.8. The van der Waals surface area contributed by atoms with Gasteiger partial charge < -0.3 is 9.47 Å². The molecule has 0 saturated carbocycles. The third-order valence-corrected chi connectivity index (χ3v) is 3.92. The maximum atomic E-state index is 5.40. The number of hydrogen-bond donors (Lipinski definition) is 0. The first-order chi connectivity index (χ1) is 11.8. The minimum atomic E-state index is -0.337. The molecule has 0 spiro atoms. The van der Waals surface area contributed by atoms with Gasteiger partial charge in [-0.25, -0.2) is 0 Å². The normalized spacial score (nSPS) is 11.2. The number of ether oxygens (including phenoxy) is 2. The first-order valence-electron chi connectivity index (χ1n) is 10.2. The molecule has 0 aliphatic carbocycles. The average Bonchev–Trinajstić information content (AvgIpc) is 2.58. The van der Waals surface area contributed by atoms with Gasteiger partial charge >= 0.3 is 0 Å². The number of hydrogen-bond acceptors (Lipinski definition) is 2. The van der Waals surface area contributed by atoms with Crippen LogP contribution in [-0.2, 0) is 9.47 Å². The predicted molar refractivity (Wildman–Crippen MR) is 105 cm³/mol. The predicted octanol–water partition coefficient (Wildman–Crippen LogP) is 6.65. The van der Waals surface area contributed by atoms with Crippen molar-refractivity contribution in [2.45, 2.75) is 104 Å². The number of allylic oxidation sites excluding steroid dienone is 2. The highest BCUT2D eigenvalue weighted by Gasteiger charge is 2.00. The molecule has 0 aromatic rings. The summed E-state index contributed by atoms with van der Waals surface area (Å²) in [6.45, 7) is 7.48. The van der Waals surface area contributed by atoms with Gasteiger partial charge in [-0.05, 0) is 45.5 Å². The second-order valence-electron chi connectivity index (χ2n) is 6.19. The molecule has 0 heterocycles. The zero-order chi connectivity index (χ0) is 17.7. The second kappa shape index (κ2) is 20.3. The fourth-order valence-electron chi connectivity index (χ4n) is 2.51. The Labute approximate surface area is 151 Å². The summed E-state index contributed by atoms with van der Waals surface area (Å²) in [5.41, 5.74) is 0. The Balaban J connectivity index is 3.35. The van der Waals surface area contributed by atoms with Gasteiger partial charge in [-0.1, -0.05) is 69.9 Å². The SMILES string of the molecule is CCCCC=CCCCCCCCCCC#CC(OCC)OCC. The number of unbranched alkanes of at least 4 members (excludes halogenated alkanes) is 10. The van der Waals surface area contributed by atoms with Crippen LogP contribution in [0.5, 0.6) is 0 Å². The molecule has 2 nitrogen and oxygen atoms in total. The molecular weight excluding hydrogens is 296 g/mol. The largest absolute Gasteiger partial charge is 0.342 e. The Morgan fingerprint density at radius 3 is 1.83 bits per heavy atom. The quantitative estimate of drug-likeness (QED) is 0.136. The van der Waals surface area contributed by atoms with Crippen molar-refractivity contribution in [2.24, 2.45) is 0 Å². The molecule has 0 N–H and O–H groups in total. The van der Waals surface area contributed by atoms with Gasteiger partial charge in [0.15, 0.2) is 0 Å². The lowest BCUT2D eigenvalue weighted by molar-refractivity contribution is -0.0970. The Morgan fingerprint density at radius 1 is 0.708 bits per heavy atom. The second-order valence-corrected chi connectivity index (χ2v) is 6.19. The van der Waals surface area contributed by atoms with E-state index in [0.717, 1.165) is 6.42 Å². The summed E-state index contributed by atoms with van der Waals surface area (Å²) in [6.07, 6.45) is 19.8. The first kappa shape index (κ1) is 23.2. The molecule has 0 bridgehead atoms. The standard InChI is InChI=1S/C22H40O2/c1-4-7-8-9-10-11-12-13-14-15-16-17-18-19-20-21-22(23-5-2)24-6-3/h9-10,22H,4-8,11-19H2,1-3H3. The molecule has 0 rings (SSSR count). The minimum Gasteiger partial charge on any atom is -0.342 e. The highest BCUT2D eigenvalue weighted by atomic mass is 16.7. The minimum absolute atomic E-state index is 0.337. The van der Waals surface area contributed by atoms with Crippen molar-refractivity contribution in [3.8, 4) is 11.8 Å². The van der Waals surface area contributed by atoms with Crippen LogP contribution in [-0.4, -0.2) is 19.5 Å². The molecule has 0 fully saturated rings. The molecule has 0 aliphatic rings. The summed E-state index contributed by atoms with van der Waals surface area (Å²) in [4.78, 5) is 0. The highest BCUT2D eigenvalue weighted by molar-refractivity contribution is 5.02. The van der Waals surface area contributed by atoms with E-state index < -0.39 is 0 Å². The Morgan fingerprint density at radius 2 is 1.25 bits per heavy atom. The van der Waals surface area contributed by atoms with Gasteiger partial charge in [0.25, 0.3) is 0 Å². The smallest absolute Gasteiger partial charge is 0.222 e. The van der Waals surface area contributed by atoms with Crippen LogP contribution in [0.4, 0.5) is 0 Å². The molecule has 0 atom stereocenters. The summed E-state index contributed by atoms with van der Waals surface area (Å²) in [7, 11) is 0. The number of rotatable bonds is 16. The van der Waals surface area contributed by atoms with Crippen molar-refractivity contribution in [1.82, 2.24) is 0 Å². The Bertz CT molecular complexity index is 319. The fourth-order valence-corrected chi connectivity index (χ4v) is 2.51. The molecule has 140 valence electrons. The summed E-state index contributed by atoms with van der Waals surface area (Å²) in [5.74, 6) is 6.25. The molecule has 0 saturated heterocycles. The van der Waals surface area contributed by atoms with E-state index in [4.69, 9.17) is 9.47 Å². The van der Waals surface area contributed by atoms with Crippen LogP contribution in [0.15, 0.2) is 12.2 Å². The maximum Gasteiger partial charge on any atom is 0.222 e. The van der Waals surface area contributed by atoms with Gasteiger partial charge in [-0.2, -0.15) is 0 Å². The van der Waals surface area contributed by atoms with E-state index in [1.807, 2.05) is 13.8 Å². The van der Waals surface area contributed by atoms with Crippen LogP contribution in [0.3, 0.4) is 0 Å². The van der Waals surface area contributed by atoms with E-state index in [0.29, 0.717) is 13.2 Å². The molecule has 2 heteroatoms. The van der Waals surface area contributed by atoms with Crippen molar-refractivity contribution in [3.05, 3.63) is 12.2 Å². The molecule has 24 heavy (non-hydrogen) atoms. The van der Waals surface area contributed by atoms with Gasteiger partial charge in [0.2, 0.25) is 6.29 Å². The summed E-state index contributed by atoms with van der Waals surface area (Å²) >= 11 is 0. The molecule has 0 unspecified atom stereocenters. The van der Waals surface area contributed by atoms with Gasteiger partial charge in [0, 0.05) is 19.6 Å². The molecule has 0 aromatic heterocycles. The molecule has 0 radical (unpaired) electrons. The van der Waals surface area contributed by atoms with Crippen molar-refractivity contribution in [3.63, 3.8) is 0 Å². The fraction of sp³-hybridized carbons (Fsp3) is 0.818. The first-order valence-corrected chi connectivity index (χ1v) is 10.2. The van der Waals surface area contributed by atoms with E-state index in [1.165, 1.54) is 70.6 Å².